The molecule has 3 heteroatoms. The standard InChI is InChI=1S/C21H38O3/c1-23-21(24-2)19-9-7-17(8-10-19)15-3-5-16(6-4-15)18-11-13-20(22)14-12-18/h15-22H,3-14H2,1-2H3. The Morgan fingerprint density at radius 2 is 0.917 bits per heavy atom. The van der Waals surface area contributed by atoms with Crippen LogP contribution < -0.4 is 0 Å². The van der Waals surface area contributed by atoms with Crippen molar-refractivity contribution in [3.63, 3.8) is 0 Å². The molecule has 0 heterocycles. The average molecular weight is 339 g/mol. The predicted molar refractivity (Wildman–Crippen MR) is 96.7 cm³/mol. The molecule has 0 radical (unpaired) electrons. The van der Waals surface area contributed by atoms with Gasteiger partial charge in [-0.05, 0) is 101 Å². The van der Waals surface area contributed by atoms with Gasteiger partial charge in [0.05, 0.1) is 6.10 Å². The molecule has 3 fully saturated rings. The SMILES string of the molecule is COC(OC)C1CCC(C2CCC(C3CCC(O)CC3)CC2)CC1. The number of ether oxygens (including phenoxy) is 2. The van der Waals surface area contributed by atoms with Crippen molar-refractivity contribution >= 4 is 0 Å². The highest BCUT2D eigenvalue weighted by Crippen LogP contribution is 2.45. The van der Waals surface area contributed by atoms with Gasteiger partial charge in [-0.15, -0.1) is 0 Å². The summed E-state index contributed by atoms with van der Waals surface area (Å²) in [5.41, 5.74) is 0. The van der Waals surface area contributed by atoms with Gasteiger partial charge in [0.2, 0.25) is 0 Å². The maximum atomic E-state index is 9.72. The summed E-state index contributed by atoms with van der Waals surface area (Å²) in [5.74, 6) is 4.39. The molecule has 0 amide bonds. The van der Waals surface area contributed by atoms with Gasteiger partial charge in [-0.2, -0.15) is 0 Å². The molecule has 3 aliphatic carbocycles. The highest BCUT2D eigenvalue weighted by Gasteiger charge is 2.35. The molecule has 3 saturated carbocycles. The largest absolute Gasteiger partial charge is 0.393 e. The second-order valence-electron chi connectivity index (χ2n) is 8.76. The van der Waals surface area contributed by atoms with Crippen LogP contribution in [0.3, 0.4) is 0 Å². The van der Waals surface area contributed by atoms with Gasteiger partial charge >= 0.3 is 0 Å². The Balaban J connectivity index is 1.40. The fraction of sp³-hybridized carbons (Fsp3) is 1.00. The van der Waals surface area contributed by atoms with E-state index in [0.717, 1.165) is 36.5 Å². The first-order chi connectivity index (χ1) is 11.7. The number of methoxy groups -OCH3 is 2. The summed E-state index contributed by atoms with van der Waals surface area (Å²) >= 11 is 0. The van der Waals surface area contributed by atoms with Crippen LogP contribution in [0.4, 0.5) is 0 Å². The van der Waals surface area contributed by atoms with Crippen LogP contribution in [0.1, 0.15) is 77.0 Å². The number of aliphatic hydroxyl groups is 1. The van der Waals surface area contributed by atoms with Gasteiger partial charge < -0.3 is 14.6 Å². The normalized spacial score (nSPS) is 41.5. The van der Waals surface area contributed by atoms with E-state index in [2.05, 4.69) is 0 Å². The summed E-state index contributed by atoms with van der Waals surface area (Å²) in [7, 11) is 3.54. The molecule has 3 rings (SSSR count). The second kappa shape index (κ2) is 9.00. The van der Waals surface area contributed by atoms with Crippen LogP contribution in [0.5, 0.6) is 0 Å². The maximum absolute atomic E-state index is 9.72. The molecule has 1 N–H and O–H groups in total. The molecule has 0 saturated heterocycles. The van der Waals surface area contributed by atoms with Crippen molar-refractivity contribution in [2.75, 3.05) is 14.2 Å². The van der Waals surface area contributed by atoms with E-state index in [9.17, 15) is 5.11 Å². The summed E-state index contributed by atoms with van der Waals surface area (Å²) in [6.45, 7) is 0. The Hall–Kier alpha value is -0.120. The van der Waals surface area contributed by atoms with Crippen molar-refractivity contribution in [3.05, 3.63) is 0 Å². The lowest BCUT2D eigenvalue weighted by atomic mass is 9.65. The first kappa shape index (κ1) is 18.7. The highest BCUT2D eigenvalue weighted by atomic mass is 16.7. The van der Waals surface area contributed by atoms with E-state index in [1.807, 2.05) is 0 Å². The molecule has 0 atom stereocenters. The fourth-order valence-electron chi connectivity index (χ4n) is 6.03. The second-order valence-corrected chi connectivity index (χ2v) is 8.76. The molecule has 0 bridgehead atoms. The van der Waals surface area contributed by atoms with Gasteiger partial charge in [-0.25, -0.2) is 0 Å². The minimum absolute atomic E-state index is 0.00309. The van der Waals surface area contributed by atoms with Crippen molar-refractivity contribution in [1.29, 1.82) is 0 Å². The minimum Gasteiger partial charge on any atom is -0.393 e. The number of hydrogen-bond donors (Lipinski definition) is 1. The summed E-state index contributed by atoms with van der Waals surface area (Å²) in [4.78, 5) is 0. The van der Waals surface area contributed by atoms with Gasteiger partial charge in [0.15, 0.2) is 6.29 Å². The molecule has 140 valence electrons. The highest BCUT2D eigenvalue weighted by molar-refractivity contribution is 4.86. The summed E-state index contributed by atoms with van der Waals surface area (Å²) in [5, 5.41) is 9.72. The topological polar surface area (TPSA) is 38.7 Å². The van der Waals surface area contributed by atoms with Crippen LogP contribution in [0.2, 0.25) is 0 Å². The van der Waals surface area contributed by atoms with Crippen LogP contribution in [-0.4, -0.2) is 31.7 Å². The average Bonchev–Trinajstić information content (AvgIpc) is 2.64. The summed E-state index contributed by atoms with van der Waals surface area (Å²) in [6, 6.07) is 0. The third-order valence-electron chi connectivity index (χ3n) is 7.56. The number of rotatable bonds is 5. The van der Waals surface area contributed by atoms with E-state index < -0.39 is 0 Å². The Morgan fingerprint density at radius 3 is 1.29 bits per heavy atom. The van der Waals surface area contributed by atoms with Crippen LogP contribution in [0, 0.1) is 29.6 Å². The zero-order valence-electron chi connectivity index (χ0n) is 15.8. The lowest BCUT2D eigenvalue weighted by Gasteiger charge is -2.41. The lowest BCUT2D eigenvalue weighted by molar-refractivity contribution is -0.146. The van der Waals surface area contributed by atoms with E-state index >= 15 is 0 Å². The smallest absolute Gasteiger partial charge is 0.159 e. The van der Waals surface area contributed by atoms with Gasteiger partial charge in [0.25, 0.3) is 0 Å². The Bertz CT molecular complexity index is 344. The van der Waals surface area contributed by atoms with E-state index in [1.165, 1.54) is 64.2 Å². The molecular formula is C21H38O3. The van der Waals surface area contributed by atoms with Crippen molar-refractivity contribution in [2.45, 2.75) is 89.4 Å². The van der Waals surface area contributed by atoms with Crippen LogP contribution in [0.25, 0.3) is 0 Å². The maximum Gasteiger partial charge on any atom is 0.159 e. The van der Waals surface area contributed by atoms with E-state index in [1.54, 1.807) is 14.2 Å². The molecule has 3 nitrogen and oxygen atoms in total. The molecule has 0 aromatic carbocycles. The van der Waals surface area contributed by atoms with Crippen molar-refractivity contribution in [2.24, 2.45) is 29.6 Å². The molecular weight excluding hydrogens is 300 g/mol. The number of hydrogen-bond acceptors (Lipinski definition) is 3. The van der Waals surface area contributed by atoms with Gasteiger partial charge in [-0.1, -0.05) is 0 Å². The predicted octanol–water partition coefficient (Wildman–Crippen LogP) is 4.77. The van der Waals surface area contributed by atoms with Crippen LogP contribution >= 0.6 is 0 Å². The monoisotopic (exact) mass is 338 g/mol. The van der Waals surface area contributed by atoms with E-state index in [-0.39, 0.29) is 12.4 Å². The quantitative estimate of drug-likeness (QED) is 0.734. The zero-order valence-corrected chi connectivity index (χ0v) is 15.8. The summed E-state index contributed by atoms with van der Waals surface area (Å²) < 4.78 is 10.9. The molecule has 0 aromatic heterocycles. The molecule has 0 spiro atoms. The third kappa shape index (κ3) is 4.53. The first-order valence-electron chi connectivity index (χ1n) is 10.4. The number of aliphatic hydroxyl groups excluding tert-OH is 1. The molecule has 0 unspecified atom stereocenters. The molecule has 24 heavy (non-hydrogen) atoms. The minimum atomic E-state index is -0.00389. The zero-order chi connectivity index (χ0) is 16.9. The van der Waals surface area contributed by atoms with Crippen molar-refractivity contribution < 1.29 is 14.6 Å². The van der Waals surface area contributed by atoms with Gasteiger partial charge in [-0.3, -0.25) is 0 Å². The van der Waals surface area contributed by atoms with E-state index in [0.29, 0.717) is 5.92 Å². The molecule has 0 aromatic rings. The van der Waals surface area contributed by atoms with Crippen molar-refractivity contribution in [1.82, 2.24) is 0 Å². The Morgan fingerprint density at radius 1 is 0.583 bits per heavy atom. The van der Waals surface area contributed by atoms with Gasteiger partial charge in [0, 0.05) is 20.1 Å². The Kier molecular flexibility index (Phi) is 7.00. The molecule has 0 aliphatic heterocycles. The third-order valence-corrected chi connectivity index (χ3v) is 7.56. The van der Waals surface area contributed by atoms with Crippen LogP contribution in [-0.2, 0) is 9.47 Å². The van der Waals surface area contributed by atoms with Gasteiger partial charge in [0.1, 0.15) is 0 Å². The first-order valence-corrected chi connectivity index (χ1v) is 10.4. The fourth-order valence-corrected chi connectivity index (χ4v) is 6.03. The Labute approximate surface area is 148 Å². The summed E-state index contributed by atoms with van der Waals surface area (Å²) in [6.07, 6.45) is 15.8. The van der Waals surface area contributed by atoms with E-state index in [4.69, 9.17) is 9.47 Å². The molecule has 3 aliphatic rings. The van der Waals surface area contributed by atoms with Crippen LogP contribution in [0.15, 0.2) is 0 Å². The van der Waals surface area contributed by atoms with Crippen molar-refractivity contribution in [3.8, 4) is 0 Å². The lowest BCUT2D eigenvalue weighted by Crippen LogP contribution is -2.33.